The maximum Gasteiger partial charge on any atom is 0.204 e. The molecule has 2 heteroatoms. The van der Waals surface area contributed by atoms with E-state index in [-0.39, 0.29) is 0 Å². The molecule has 1 aliphatic rings. The first-order chi connectivity index (χ1) is 12.2. The van der Waals surface area contributed by atoms with Gasteiger partial charge in [-0.05, 0) is 31.4 Å². The second-order valence-corrected chi connectivity index (χ2v) is 10.8. The Bertz CT molecular complexity index is 273. The summed E-state index contributed by atoms with van der Waals surface area (Å²) in [5.74, 6) is 1.83. The van der Waals surface area contributed by atoms with Crippen LogP contribution >= 0.6 is 0 Å². The van der Waals surface area contributed by atoms with Gasteiger partial charge in [-0.25, -0.2) is 0 Å². The number of rotatable bonds is 16. The van der Waals surface area contributed by atoms with Gasteiger partial charge in [0.2, 0.25) is 9.04 Å². The summed E-state index contributed by atoms with van der Waals surface area (Å²) >= 11 is 0. The molecule has 0 aromatic carbocycles. The first-order valence-electron chi connectivity index (χ1n) is 11.7. The Morgan fingerprint density at radius 1 is 0.760 bits per heavy atom. The predicted molar refractivity (Wildman–Crippen MR) is 115 cm³/mol. The molecule has 149 valence electrons. The summed E-state index contributed by atoms with van der Waals surface area (Å²) in [5.41, 5.74) is 0. The van der Waals surface area contributed by atoms with Crippen LogP contribution in [-0.4, -0.2) is 15.6 Å². The number of hydrogen-bond acceptors (Lipinski definition) is 1. The average molecular weight is 368 g/mol. The van der Waals surface area contributed by atoms with E-state index in [4.69, 9.17) is 4.43 Å². The molecule has 1 fully saturated rings. The van der Waals surface area contributed by atoms with E-state index in [1.165, 1.54) is 109 Å². The third-order valence-electron chi connectivity index (χ3n) is 6.08. The Hall–Kier alpha value is 0.177. The van der Waals surface area contributed by atoms with Gasteiger partial charge >= 0.3 is 0 Å². The van der Waals surface area contributed by atoms with Crippen molar-refractivity contribution in [2.45, 2.75) is 129 Å². The Morgan fingerprint density at radius 2 is 1.28 bits per heavy atom. The van der Waals surface area contributed by atoms with Gasteiger partial charge in [-0.15, -0.1) is 0 Å². The van der Waals surface area contributed by atoms with Gasteiger partial charge in [0.05, 0.1) is 0 Å². The van der Waals surface area contributed by atoms with E-state index in [2.05, 4.69) is 20.0 Å². The largest absolute Gasteiger partial charge is 0.417 e. The van der Waals surface area contributed by atoms with Crippen LogP contribution in [0.5, 0.6) is 0 Å². The standard InChI is InChI=1S/C23H47OSi/c1-4-5-6-7-8-9-10-11-12-13-15-20-23(21-24-25(2)3)22-18-16-14-17-19-22/h22-23H,4-21H2,1-3H3. The van der Waals surface area contributed by atoms with Crippen molar-refractivity contribution >= 4 is 9.04 Å². The highest BCUT2D eigenvalue weighted by atomic mass is 28.3. The minimum absolute atomic E-state index is 0.520. The van der Waals surface area contributed by atoms with E-state index < -0.39 is 9.04 Å². The van der Waals surface area contributed by atoms with Crippen LogP contribution in [0.25, 0.3) is 0 Å². The molecule has 0 aromatic heterocycles. The summed E-state index contributed by atoms with van der Waals surface area (Å²) in [6.45, 7) is 7.93. The SMILES string of the molecule is CCCCCCCCCCCCCC(CO[Si](C)C)C1CCCCC1. The summed E-state index contributed by atoms with van der Waals surface area (Å²) in [4.78, 5) is 0. The molecule has 1 rings (SSSR count). The molecule has 0 aromatic rings. The molecule has 1 radical (unpaired) electrons. The lowest BCUT2D eigenvalue weighted by atomic mass is 9.78. The van der Waals surface area contributed by atoms with Crippen molar-refractivity contribution < 1.29 is 4.43 Å². The van der Waals surface area contributed by atoms with Crippen molar-refractivity contribution in [3.8, 4) is 0 Å². The van der Waals surface area contributed by atoms with Crippen LogP contribution in [0.2, 0.25) is 13.1 Å². The van der Waals surface area contributed by atoms with E-state index in [1.54, 1.807) is 0 Å². The zero-order chi connectivity index (χ0) is 18.2. The van der Waals surface area contributed by atoms with E-state index in [1.807, 2.05) is 0 Å². The van der Waals surface area contributed by atoms with Crippen LogP contribution in [0, 0.1) is 11.8 Å². The van der Waals surface area contributed by atoms with Crippen LogP contribution < -0.4 is 0 Å². The molecule has 1 atom stereocenters. The summed E-state index contributed by atoms with van der Waals surface area (Å²) < 4.78 is 6.11. The van der Waals surface area contributed by atoms with Crippen molar-refractivity contribution in [3.05, 3.63) is 0 Å². The molecule has 1 saturated carbocycles. The second kappa shape index (κ2) is 16.4. The molecule has 0 aliphatic heterocycles. The third kappa shape index (κ3) is 13.1. The van der Waals surface area contributed by atoms with Crippen molar-refractivity contribution in [2.75, 3.05) is 6.61 Å². The van der Waals surface area contributed by atoms with Crippen molar-refractivity contribution in [1.29, 1.82) is 0 Å². The molecular formula is C23H47OSi. The maximum atomic E-state index is 6.11. The second-order valence-electron chi connectivity index (χ2n) is 8.70. The van der Waals surface area contributed by atoms with Gasteiger partial charge < -0.3 is 4.43 Å². The van der Waals surface area contributed by atoms with Gasteiger partial charge in [0.15, 0.2) is 0 Å². The summed E-state index contributed by atoms with van der Waals surface area (Å²) in [6, 6.07) is 0. The van der Waals surface area contributed by atoms with Gasteiger partial charge in [-0.1, -0.05) is 110 Å². The molecule has 1 aliphatic carbocycles. The molecule has 0 amide bonds. The van der Waals surface area contributed by atoms with Crippen molar-refractivity contribution in [2.24, 2.45) is 11.8 Å². The summed E-state index contributed by atoms with van der Waals surface area (Å²) in [7, 11) is -0.520. The highest BCUT2D eigenvalue weighted by Gasteiger charge is 2.23. The predicted octanol–water partition coefficient (Wildman–Crippen LogP) is 8.15. The van der Waals surface area contributed by atoms with Gasteiger partial charge in [0, 0.05) is 6.61 Å². The average Bonchev–Trinajstić information content (AvgIpc) is 2.62. The highest BCUT2D eigenvalue weighted by molar-refractivity contribution is 6.48. The Morgan fingerprint density at radius 3 is 1.80 bits per heavy atom. The normalized spacial score (nSPS) is 17.3. The quantitative estimate of drug-likeness (QED) is 0.197. The number of hydrogen-bond donors (Lipinski definition) is 0. The van der Waals surface area contributed by atoms with Crippen LogP contribution in [0.1, 0.15) is 116 Å². The van der Waals surface area contributed by atoms with Gasteiger partial charge in [0.1, 0.15) is 0 Å². The zero-order valence-corrected chi connectivity index (χ0v) is 18.8. The van der Waals surface area contributed by atoms with Crippen LogP contribution in [0.15, 0.2) is 0 Å². The maximum absolute atomic E-state index is 6.11. The lowest BCUT2D eigenvalue weighted by molar-refractivity contribution is 0.151. The minimum Gasteiger partial charge on any atom is -0.417 e. The molecular weight excluding hydrogens is 320 g/mol. The van der Waals surface area contributed by atoms with E-state index in [0.717, 1.165) is 18.4 Å². The van der Waals surface area contributed by atoms with Crippen LogP contribution in [-0.2, 0) is 4.43 Å². The van der Waals surface area contributed by atoms with Crippen molar-refractivity contribution in [3.63, 3.8) is 0 Å². The Kier molecular flexibility index (Phi) is 15.2. The molecule has 0 bridgehead atoms. The molecule has 25 heavy (non-hydrogen) atoms. The molecule has 1 nitrogen and oxygen atoms in total. The van der Waals surface area contributed by atoms with Gasteiger partial charge in [-0.2, -0.15) is 0 Å². The Labute approximate surface area is 161 Å². The summed E-state index contributed by atoms with van der Waals surface area (Å²) in [5, 5.41) is 0. The van der Waals surface area contributed by atoms with E-state index in [9.17, 15) is 0 Å². The molecule has 0 heterocycles. The molecule has 0 spiro atoms. The molecule has 1 unspecified atom stereocenters. The smallest absolute Gasteiger partial charge is 0.204 e. The fraction of sp³-hybridized carbons (Fsp3) is 1.00. The monoisotopic (exact) mass is 367 g/mol. The minimum atomic E-state index is -0.520. The Balaban J connectivity index is 2.03. The van der Waals surface area contributed by atoms with E-state index in [0.29, 0.717) is 0 Å². The summed E-state index contributed by atoms with van der Waals surface area (Å²) in [6.07, 6.45) is 24.7. The van der Waals surface area contributed by atoms with Gasteiger partial charge in [-0.3, -0.25) is 0 Å². The van der Waals surface area contributed by atoms with Crippen molar-refractivity contribution in [1.82, 2.24) is 0 Å². The third-order valence-corrected chi connectivity index (χ3v) is 6.83. The van der Waals surface area contributed by atoms with Crippen LogP contribution in [0.4, 0.5) is 0 Å². The fourth-order valence-electron chi connectivity index (χ4n) is 4.41. The van der Waals surface area contributed by atoms with Gasteiger partial charge in [0.25, 0.3) is 0 Å². The van der Waals surface area contributed by atoms with Crippen LogP contribution in [0.3, 0.4) is 0 Å². The molecule has 0 saturated heterocycles. The fourth-order valence-corrected chi connectivity index (χ4v) is 4.95. The first-order valence-corrected chi connectivity index (χ1v) is 14.1. The lowest BCUT2D eigenvalue weighted by Gasteiger charge is -2.31. The highest BCUT2D eigenvalue weighted by Crippen LogP contribution is 2.33. The first kappa shape index (κ1) is 23.2. The van der Waals surface area contributed by atoms with E-state index >= 15 is 0 Å². The number of unbranched alkanes of at least 4 members (excludes halogenated alkanes) is 10. The lowest BCUT2D eigenvalue weighted by Crippen LogP contribution is -2.25. The zero-order valence-electron chi connectivity index (χ0n) is 17.8. The topological polar surface area (TPSA) is 9.23 Å². The molecule has 0 N–H and O–H groups in total.